The van der Waals surface area contributed by atoms with E-state index < -0.39 is 12.0 Å². The molecule has 0 bridgehead atoms. The number of rotatable bonds is 12. The molecule has 3 aromatic rings. The monoisotopic (exact) mass is 648 g/mol. The van der Waals surface area contributed by atoms with Crippen molar-refractivity contribution < 1.29 is 19.0 Å². The largest absolute Gasteiger partial charge is 0.490 e. The third-order valence-electron chi connectivity index (χ3n) is 6.10. The van der Waals surface area contributed by atoms with Gasteiger partial charge >= 0.3 is 5.97 Å². The van der Waals surface area contributed by atoms with Crippen LogP contribution in [0.3, 0.4) is 0 Å². The molecule has 1 atom stereocenters. The van der Waals surface area contributed by atoms with E-state index in [1.165, 1.54) is 11.8 Å². The van der Waals surface area contributed by atoms with Crippen LogP contribution in [0.1, 0.15) is 64.6 Å². The second-order valence-corrected chi connectivity index (χ2v) is 11.7. The van der Waals surface area contributed by atoms with Gasteiger partial charge < -0.3 is 19.5 Å². The molecule has 214 valence electrons. The topological polar surface area (TPSA) is 87.5 Å². The summed E-state index contributed by atoms with van der Waals surface area (Å²) >= 11 is 11.5. The van der Waals surface area contributed by atoms with Gasteiger partial charge in [-0.1, -0.05) is 54.9 Å². The Hall–Kier alpha value is -2.69. The molecule has 0 radical (unpaired) electrons. The van der Waals surface area contributed by atoms with Crippen LogP contribution >= 0.6 is 39.3 Å². The zero-order chi connectivity index (χ0) is 28.8. The summed E-state index contributed by atoms with van der Waals surface area (Å²) in [6.07, 6.45) is 1.66. The maximum Gasteiger partial charge on any atom is 0.338 e. The van der Waals surface area contributed by atoms with E-state index in [4.69, 9.17) is 35.9 Å². The van der Waals surface area contributed by atoms with Gasteiger partial charge in [-0.2, -0.15) is 4.98 Å². The summed E-state index contributed by atoms with van der Waals surface area (Å²) in [5.41, 5.74) is 2.87. The Morgan fingerprint density at radius 1 is 1.23 bits per heavy atom. The molecule has 11 heteroatoms. The number of aromatic nitrogens is 3. The van der Waals surface area contributed by atoms with Crippen LogP contribution in [0.5, 0.6) is 11.5 Å². The number of halogens is 2. The van der Waals surface area contributed by atoms with Gasteiger partial charge in [-0.05, 0) is 79.4 Å². The lowest BCUT2D eigenvalue weighted by Gasteiger charge is -2.29. The number of hydrogen-bond acceptors (Lipinski definition) is 8. The van der Waals surface area contributed by atoms with Gasteiger partial charge in [-0.15, -0.1) is 5.10 Å². The molecule has 1 N–H and O–H groups in total. The highest BCUT2D eigenvalue weighted by Crippen LogP contribution is 2.43. The number of carbonyl (C=O) groups excluding carboxylic acids is 1. The average Bonchev–Trinajstić information content (AvgIpc) is 3.30. The van der Waals surface area contributed by atoms with Crippen LogP contribution in [0.2, 0.25) is 5.02 Å². The number of ether oxygens (including phenoxy) is 3. The Bertz CT molecular complexity index is 1390. The first-order valence-corrected chi connectivity index (χ1v) is 15.5. The normalized spacial score (nSPS) is 14.7. The lowest BCUT2D eigenvalue weighted by atomic mass is 9.95. The minimum Gasteiger partial charge on any atom is -0.490 e. The molecule has 0 saturated carbocycles. The van der Waals surface area contributed by atoms with Gasteiger partial charge in [0.25, 0.3) is 0 Å². The number of esters is 1. The van der Waals surface area contributed by atoms with E-state index in [1.54, 1.807) is 4.68 Å². The Balaban J connectivity index is 1.77. The maximum absolute atomic E-state index is 13.4. The summed E-state index contributed by atoms with van der Waals surface area (Å²) < 4.78 is 20.2. The number of nitrogens with zero attached hydrogens (tertiary/aromatic N) is 3. The highest BCUT2D eigenvalue weighted by molar-refractivity contribution is 9.10. The predicted octanol–water partition coefficient (Wildman–Crippen LogP) is 7.80. The molecule has 1 aromatic heterocycles. The van der Waals surface area contributed by atoms with Crippen molar-refractivity contribution in [3.8, 4) is 11.5 Å². The fourth-order valence-electron chi connectivity index (χ4n) is 4.27. The zero-order valence-electron chi connectivity index (χ0n) is 23.3. The number of nitrogens with one attached hydrogen (secondary N) is 1. The van der Waals surface area contributed by atoms with E-state index in [2.05, 4.69) is 28.2 Å². The molecule has 2 aromatic carbocycles. The fraction of sp³-hybridized carbons (Fsp3) is 0.414. The fourth-order valence-corrected chi connectivity index (χ4v) is 5.96. The van der Waals surface area contributed by atoms with Gasteiger partial charge in [-0.25, -0.2) is 9.48 Å². The van der Waals surface area contributed by atoms with Crippen LogP contribution in [-0.2, 0) is 15.3 Å². The Morgan fingerprint density at radius 3 is 2.70 bits per heavy atom. The highest BCUT2D eigenvalue weighted by atomic mass is 79.9. The van der Waals surface area contributed by atoms with E-state index in [1.807, 2.05) is 64.1 Å². The van der Waals surface area contributed by atoms with Crippen molar-refractivity contribution in [3.63, 3.8) is 0 Å². The van der Waals surface area contributed by atoms with Gasteiger partial charge in [-0.3, -0.25) is 0 Å². The Labute approximate surface area is 252 Å². The summed E-state index contributed by atoms with van der Waals surface area (Å²) in [5.74, 6) is 1.93. The third-order valence-corrected chi connectivity index (χ3v) is 7.95. The van der Waals surface area contributed by atoms with Crippen molar-refractivity contribution in [1.29, 1.82) is 0 Å². The molecule has 0 amide bonds. The second-order valence-electron chi connectivity index (χ2n) is 9.53. The number of thioether (sulfide) groups is 1. The zero-order valence-corrected chi connectivity index (χ0v) is 26.5. The number of hydrogen-bond donors (Lipinski definition) is 1. The molecule has 1 aliphatic heterocycles. The number of carbonyl (C=O) groups is 1. The number of unbranched alkanes of at least 4 members (excludes halogenated alkanes) is 1. The smallest absolute Gasteiger partial charge is 0.338 e. The summed E-state index contributed by atoms with van der Waals surface area (Å²) in [7, 11) is 0. The van der Waals surface area contributed by atoms with Crippen molar-refractivity contribution in [3.05, 3.63) is 68.3 Å². The van der Waals surface area contributed by atoms with Crippen molar-refractivity contribution in [2.45, 2.75) is 70.5 Å². The van der Waals surface area contributed by atoms with Crippen LogP contribution in [0, 0.1) is 0 Å². The van der Waals surface area contributed by atoms with Gasteiger partial charge in [0.1, 0.15) is 6.04 Å². The van der Waals surface area contributed by atoms with Gasteiger partial charge in [0.15, 0.2) is 11.5 Å². The van der Waals surface area contributed by atoms with Crippen LogP contribution in [0.4, 0.5) is 5.95 Å². The molecular weight excluding hydrogens is 616 g/mol. The van der Waals surface area contributed by atoms with E-state index in [-0.39, 0.29) is 6.10 Å². The first kappa shape index (κ1) is 30.3. The van der Waals surface area contributed by atoms with Crippen molar-refractivity contribution in [2.75, 3.05) is 18.5 Å². The molecular formula is C29H34BrClN4O4S. The summed E-state index contributed by atoms with van der Waals surface area (Å²) in [6.45, 7) is 10.6. The Kier molecular flexibility index (Phi) is 10.4. The van der Waals surface area contributed by atoms with Crippen LogP contribution in [0.15, 0.2) is 57.3 Å². The first-order chi connectivity index (χ1) is 19.2. The van der Waals surface area contributed by atoms with E-state index >= 15 is 0 Å². The second kappa shape index (κ2) is 13.8. The third kappa shape index (κ3) is 6.95. The summed E-state index contributed by atoms with van der Waals surface area (Å²) in [4.78, 5) is 18.2. The SMILES string of the molecule is CCCCOc1c(Br)cc(C2C(C(=O)OC(C)C)=C(C)Nc3nc(SCc4ccccc4Cl)nn32)cc1OCC. The standard InChI is InChI=1S/C29H34BrClN4O4S/c1-6-8-13-38-26-21(30)14-20(15-23(26)37-7-2)25-24(27(36)39-17(3)4)18(5)32-28-33-29(34-35(25)28)40-16-19-11-9-10-12-22(19)31/h9-12,14-15,17,25H,6-8,13,16H2,1-5H3,(H,32,33,34). The molecule has 4 rings (SSSR count). The van der Waals surface area contributed by atoms with Gasteiger partial charge in [0, 0.05) is 16.5 Å². The maximum atomic E-state index is 13.4. The number of anilines is 1. The lowest BCUT2D eigenvalue weighted by Crippen LogP contribution is -2.30. The molecule has 1 unspecified atom stereocenters. The van der Waals surface area contributed by atoms with E-state index in [9.17, 15) is 4.79 Å². The number of fused-ring (bicyclic) bond motifs is 1. The molecule has 1 aliphatic rings. The Morgan fingerprint density at radius 2 is 2.00 bits per heavy atom. The summed E-state index contributed by atoms with van der Waals surface area (Å²) in [5, 5.41) is 9.33. The van der Waals surface area contributed by atoms with Crippen molar-refractivity contribution in [2.24, 2.45) is 0 Å². The number of benzene rings is 2. The molecule has 8 nitrogen and oxygen atoms in total. The highest BCUT2D eigenvalue weighted by Gasteiger charge is 2.36. The molecule has 0 fully saturated rings. The average molecular weight is 650 g/mol. The van der Waals surface area contributed by atoms with E-state index in [0.29, 0.717) is 57.9 Å². The summed E-state index contributed by atoms with van der Waals surface area (Å²) in [6, 6.07) is 10.9. The number of allylic oxidation sites excluding steroid dienone is 1. The molecule has 0 aliphatic carbocycles. The van der Waals surface area contributed by atoms with Gasteiger partial charge in [0.2, 0.25) is 11.1 Å². The minimum atomic E-state index is -0.607. The lowest BCUT2D eigenvalue weighted by molar-refractivity contribution is -0.143. The minimum absolute atomic E-state index is 0.285. The molecule has 2 heterocycles. The molecule has 0 spiro atoms. The predicted molar refractivity (Wildman–Crippen MR) is 162 cm³/mol. The van der Waals surface area contributed by atoms with Crippen LogP contribution < -0.4 is 14.8 Å². The van der Waals surface area contributed by atoms with Crippen molar-refractivity contribution in [1.82, 2.24) is 14.8 Å². The molecule has 0 saturated heterocycles. The quantitative estimate of drug-likeness (QED) is 0.121. The first-order valence-electron chi connectivity index (χ1n) is 13.3. The van der Waals surface area contributed by atoms with Gasteiger partial charge in [0.05, 0.1) is 29.4 Å². The van der Waals surface area contributed by atoms with Crippen LogP contribution in [-0.4, -0.2) is 40.1 Å². The van der Waals surface area contributed by atoms with Crippen molar-refractivity contribution >= 4 is 51.2 Å². The molecule has 40 heavy (non-hydrogen) atoms. The van der Waals surface area contributed by atoms with Crippen LogP contribution in [0.25, 0.3) is 0 Å². The van der Waals surface area contributed by atoms with E-state index in [0.717, 1.165) is 28.4 Å².